The molecule has 52 valence electrons. The second-order valence-corrected chi connectivity index (χ2v) is 3.71. The second kappa shape index (κ2) is 1.50. The summed E-state index contributed by atoms with van der Waals surface area (Å²) in [5.74, 6) is 0.907. The largest absolute Gasteiger partial charge is 0.381 e. The third-order valence-corrected chi connectivity index (χ3v) is 2.80. The van der Waals surface area contributed by atoms with Crippen LogP contribution in [-0.2, 0) is 0 Å². The number of nitrogens with zero attached hydrogens (tertiary/aromatic N) is 1. The molecule has 0 aromatic heterocycles. The summed E-state index contributed by atoms with van der Waals surface area (Å²) >= 11 is 0. The van der Waals surface area contributed by atoms with Gasteiger partial charge in [0, 0.05) is 13.1 Å². The zero-order valence-electron chi connectivity index (χ0n) is 5.80. The zero-order valence-corrected chi connectivity index (χ0v) is 5.80. The van der Waals surface area contributed by atoms with Crippen LogP contribution < -0.4 is 0 Å². The van der Waals surface area contributed by atoms with Crippen LogP contribution >= 0.6 is 0 Å². The van der Waals surface area contributed by atoms with Gasteiger partial charge in [0.15, 0.2) is 0 Å². The Balaban J connectivity index is 1.98. The van der Waals surface area contributed by atoms with Gasteiger partial charge < -0.3 is 5.11 Å². The van der Waals surface area contributed by atoms with Gasteiger partial charge in [-0.25, -0.2) is 0 Å². The SMILES string of the molecule is CC12CC1CN(CO)C2. The lowest BCUT2D eigenvalue weighted by atomic mass is 10.1. The molecule has 0 spiro atoms. The Bertz CT molecular complexity index is 137. The monoisotopic (exact) mass is 127 g/mol. The predicted molar refractivity (Wildman–Crippen MR) is 34.9 cm³/mol. The minimum Gasteiger partial charge on any atom is -0.381 e. The second-order valence-electron chi connectivity index (χ2n) is 3.71. The molecule has 2 atom stereocenters. The minimum absolute atomic E-state index is 0.256. The number of hydrogen-bond acceptors (Lipinski definition) is 2. The first-order valence-corrected chi connectivity index (χ1v) is 3.58. The van der Waals surface area contributed by atoms with Gasteiger partial charge in [-0.15, -0.1) is 0 Å². The van der Waals surface area contributed by atoms with Crippen LogP contribution in [0.5, 0.6) is 0 Å². The van der Waals surface area contributed by atoms with E-state index in [0.717, 1.165) is 19.0 Å². The molecular formula is C7H13NO. The van der Waals surface area contributed by atoms with E-state index in [1.807, 2.05) is 0 Å². The van der Waals surface area contributed by atoms with Crippen LogP contribution in [0.4, 0.5) is 0 Å². The van der Waals surface area contributed by atoms with Gasteiger partial charge in [-0.2, -0.15) is 0 Å². The lowest BCUT2D eigenvalue weighted by Gasteiger charge is -2.14. The first kappa shape index (κ1) is 5.69. The normalized spacial score (nSPS) is 49.3. The Hall–Kier alpha value is -0.0800. The van der Waals surface area contributed by atoms with E-state index in [1.165, 1.54) is 6.42 Å². The molecule has 1 saturated heterocycles. The number of fused-ring (bicyclic) bond motifs is 1. The smallest absolute Gasteiger partial charge is 0.0956 e. The molecule has 1 N–H and O–H groups in total. The van der Waals surface area contributed by atoms with Crippen molar-refractivity contribution in [2.75, 3.05) is 19.8 Å². The molecule has 2 heteroatoms. The molecule has 2 rings (SSSR count). The van der Waals surface area contributed by atoms with E-state index >= 15 is 0 Å². The zero-order chi connectivity index (χ0) is 6.48. The molecule has 2 unspecified atom stereocenters. The summed E-state index contributed by atoms with van der Waals surface area (Å²) in [6, 6.07) is 0. The Kier molecular flexibility index (Phi) is 0.945. The number of aliphatic hydroxyl groups excluding tert-OH is 1. The van der Waals surface area contributed by atoms with E-state index < -0.39 is 0 Å². The molecule has 0 aromatic rings. The molecule has 0 amide bonds. The van der Waals surface area contributed by atoms with Crippen LogP contribution in [0.15, 0.2) is 0 Å². The molecule has 0 aromatic carbocycles. The highest BCUT2D eigenvalue weighted by atomic mass is 16.3. The summed E-state index contributed by atoms with van der Waals surface area (Å²) in [7, 11) is 0. The topological polar surface area (TPSA) is 23.5 Å². The van der Waals surface area contributed by atoms with Gasteiger partial charge in [-0.3, -0.25) is 4.90 Å². The van der Waals surface area contributed by atoms with Crippen molar-refractivity contribution < 1.29 is 5.11 Å². The van der Waals surface area contributed by atoms with E-state index in [9.17, 15) is 0 Å². The van der Waals surface area contributed by atoms with E-state index in [-0.39, 0.29) is 6.73 Å². The molecule has 0 radical (unpaired) electrons. The average Bonchev–Trinajstić information content (AvgIpc) is 2.33. The van der Waals surface area contributed by atoms with Crippen molar-refractivity contribution >= 4 is 0 Å². The van der Waals surface area contributed by atoms with Gasteiger partial charge in [-0.05, 0) is 17.8 Å². The van der Waals surface area contributed by atoms with Crippen LogP contribution in [0.2, 0.25) is 0 Å². The number of piperidine rings is 1. The molecule has 2 nitrogen and oxygen atoms in total. The number of aliphatic hydroxyl groups is 1. The molecule has 9 heavy (non-hydrogen) atoms. The third-order valence-electron chi connectivity index (χ3n) is 2.80. The highest BCUT2D eigenvalue weighted by Crippen LogP contribution is 2.56. The van der Waals surface area contributed by atoms with Gasteiger partial charge in [0.05, 0.1) is 6.73 Å². The number of likely N-dealkylation sites (tertiary alicyclic amines) is 1. The average molecular weight is 127 g/mol. The van der Waals surface area contributed by atoms with Gasteiger partial charge >= 0.3 is 0 Å². The van der Waals surface area contributed by atoms with Crippen molar-refractivity contribution in [3.8, 4) is 0 Å². The quantitative estimate of drug-likeness (QED) is 0.547. The summed E-state index contributed by atoms with van der Waals surface area (Å²) in [5.41, 5.74) is 0.600. The fourth-order valence-electron chi connectivity index (χ4n) is 1.98. The summed E-state index contributed by atoms with van der Waals surface area (Å²) in [6.07, 6.45) is 1.39. The molecule has 2 fully saturated rings. The summed E-state index contributed by atoms with van der Waals surface area (Å²) in [4.78, 5) is 2.12. The van der Waals surface area contributed by atoms with Crippen LogP contribution in [0.25, 0.3) is 0 Å². The maximum absolute atomic E-state index is 8.74. The van der Waals surface area contributed by atoms with Crippen LogP contribution in [0.3, 0.4) is 0 Å². The van der Waals surface area contributed by atoms with E-state index in [4.69, 9.17) is 5.11 Å². The molecule has 2 aliphatic rings. The highest BCUT2D eigenvalue weighted by molar-refractivity contribution is 5.06. The molecule has 1 saturated carbocycles. The van der Waals surface area contributed by atoms with E-state index in [1.54, 1.807) is 0 Å². The minimum atomic E-state index is 0.256. The lowest BCUT2D eigenvalue weighted by molar-refractivity contribution is 0.114. The molecule has 1 heterocycles. The molecule has 1 aliphatic carbocycles. The maximum atomic E-state index is 8.74. The van der Waals surface area contributed by atoms with Crippen molar-refractivity contribution in [3.63, 3.8) is 0 Å². The summed E-state index contributed by atoms with van der Waals surface area (Å²) < 4.78 is 0. The fraction of sp³-hybridized carbons (Fsp3) is 1.00. The molecular weight excluding hydrogens is 114 g/mol. The van der Waals surface area contributed by atoms with Crippen molar-refractivity contribution in [2.45, 2.75) is 13.3 Å². The van der Waals surface area contributed by atoms with Gasteiger partial charge in [0.1, 0.15) is 0 Å². The van der Waals surface area contributed by atoms with Crippen molar-refractivity contribution in [3.05, 3.63) is 0 Å². The Morgan fingerprint density at radius 2 is 2.56 bits per heavy atom. The summed E-state index contributed by atoms with van der Waals surface area (Å²) in [6.45, 7) is 4.82. The fourth-order valence-corrected chi connectivity index (χ4v) is 1.98. The highest BCUT2D eigenvalue weighted by Gasteiger charge is 2.55. The molecule has 1 aliphatic heterocycles. The van der Waals surface area contributed by atoms with Gasteiger partial charge in [-0.1, -0.05) is 6.92 Å². The van der Waals surface area contributed by atoms with Crippen LogP contribution in [0.1, 0.15) is 13.3 Å². The van der Waals surface area contributed by atoms with Crippen molar-refractivity contribution in [2.24, 2.45) is 11.3 Å². The Labute approximate surface area is 55.5 Å². The van der Waals surface area contributed by atoms with E-state index in [0.29, 0.717) is 5.41 Å². The van der Waals surface area contributed by atoms with Crippen molar-refractivity contribution in [1.29, 1.82) is 0 Å². The maximum Gasteiger partial charge on any atom is 0.0956 e. The first-order valence-electron chi connectivity index (χ1n) is 3.58. The number of rotatable bonds is 1. The first-order chi connectivity index (χ1) is 4.24. The summed E-state index contributed by atoms with van der Waals surface area (Å²) in [5, 5.41) is 8.74. The van der Waals surface area contributed by atoms with Crippen molar-refractivity contribution in [1.82, 2.24) is 4.90 Å². The van der Waals surface area contributed by atoms with E-state index in [2.05, 4.69) is 11.8 Å². The Morgan fingerprint density at radius 1 is 1.78 bits per heavy atom. The lowest BCUT2D eigenvalue weighted by Crippen LogP contribution is -2.24. The third kappa shape index (κ3) is 0.700. The molecule has 0 bridgehead atoms. The predicted octanol–water partition coefficient (Wildman–Crippen LogP) is 0.278. The number of hydrogen-bond donors (Lipinski definition) is 1. The van der Waals surface area contributed by atoms with Crippen LogP contribution in [-0.4, -0.2) is 29.8 Å². The Morgan fingerprint density at radius 3 is 2.89 bits per heavy atom. The standard InChI is InChI=1S/C7H13NO/c1-7-2-6(7)3-8(4-7)5-9/h6,9H,2-5H2,1H3. The van der Waals surface area contributed by atoms with Gasteiger partial charge in [0.2, 0.25) is 0 Å². The van der Waals surface area contributed by atoms with Gasteiger partial charge in [0.25, 0.3) is 0 Å². The van der Waals surface area contributed by atoms with Crippen LogP contribution in [0, 0.1) is 11.3 Å².